The summed E-state index contributed by atoms with van der Waals surface area (Å²) in [6.45, 7) is 1.05. The average molecular weight is 262 g/mol. The highest BCUT2D eigenvalue weighted by Crippen LogP contribution is 2.18. The molecule has 1 aliphatic rings. The molecule has 2 rings (SSSR count). The molecular weight excluding hydrogens is 244 g/mol. The van der Waals surface area contributed by atoms with Crippen molar-refractivity contribution < 1.29 is 14.7 Å². The molecule has 1 aromatic rings. The van der Waals surface area contributed by atoms with E-state index in [1.807, 2.05) is 30.3 Å². The van der Waals surface area contributed by atoms with Crippen LogP contribution < -0.4 is 10.2 Å². The smallest absolute Gasteiger partial charge is 0.305 e. The van der Waals surface area contributed by atoms with E-state index in [4.69, 9.17) is 5.11 Å². The molecule has 1 fully saturated rings. The number of amides is 1. The monoisotopic (exact) mass is 262 g/mol. The van der Waals surface area contributed by atoms with Gasteiger partial charge < -0.3 is 15.3 Å². The first-order valence-corrected chi connectivity index (χ1v) is 6.50. The van der Waals surface area contributed by atoms with E-state index in [-0.39, 0.29) is 24.9 Å². The van der Waals surface area contributed by atoms with Gasteiger partial charge in [0.1, 0.15) is 0 Å². The zero-order valence-corrected chi connectivity index (χ0v) is 10.7. The number of para-hydroxylation sites is 1. The lowest BCUT2D eigenvalue weighted by Gasteiger charge is -2.25. The predicted molar refractivity (Wildman–Crippen MR) is 72.1 cm³/mol. The third-order valence-electron chi connectivity index (χ3n) is 3.24. The second kappa shape index (κ2) is 6.33. The lowest BCUT2D eigenvalue weighted by molar-refractivity contribution is -0.136. The Morgan fingerprint density at radius 1 is 1.32 bits per heavy atom. The molecule has 1 saturated heterocycles. The molecule has 2 N–H and O–H groups in total. The first-order chi connectivity index (χ1) is 9.18. The van der Waals surface area contributed by atoms with Crippen LogP contribution in [0.3, 0.4) is 0 Å². The Labute approximate surface area is 112 Å². The van der Waals surface area contributed by atoms with Gasteiger partial charge in [0, 0.05) is 12.2 Å². The number of carboxylic acid groups (broad SMARTS) is 1. The lowest BCUT2D eigenvalue weighted by Crippen LogP contribution is -2.44. The number of hydrogen-bond donors (Lipinski definition) is 2. The summed E-state index contributed by atoms with van der Waals surface area (Å²) in [6, 6.07) is 9.03. The van der Waals surface area contributed by atoms with E-state index in [1.54, 1.807) is 4.90 Å². The standard InChI is InChI=1S/C14H18N2O3/c17-13(18)8-10-16(11-5-2-1-3-6-11)14(19)12-7-4-9-15-12/h1-3,5-6,12,15H,4,7-10H2,(H,17,18)/t12-/m1/s1. The van der Waals surface area contributed by atoms with E-state index >= 15 is 0 Å². The van der Waals surface area contributed by atoms with E-state index < -0.39 is 5.97 Å². The van der Waals surface area contributed by atoms with Crippen LogP contribution in [0.15, 0.2) is 30.3 Å². The average Bonchev–Trinajstić information content (AvgIpc) is 2.93. The second-order valence-electron chi connectivity index (χ2n) is 4.62. The molecule has 0 aromatic heterocycles. The van der Waals surface area contributed by atoms with Gasteiger partial charge >= 0.3 is 5.97 Å². The summed E-state index contributed by atoms with van der Waals surface area (Å²) in [7, 11) is 0. The molecule has 19 heavy (non-hydrogen) atoms. The number of hydrogen-bond acceptors (Lipinski definition) is 3. The van der Waals surface area contributed by atoms with Gasteiger partial charge in [0.2, 0.25) is 5.91 Å². The van der Waals surface area contributed by atoms with Crippen molar-refractivity contribution in [3.05, 3.63) is 30.3 Å². The Morgan fingerprint density at radius 3 is 2.63 bits per heavy atom. The first kappa shape index (κ1) is 13.5. The summed E-state index contributed by atoms with van der Waals surface area (Å²) in [4.78, 5) is 24.7. The molecule has 0 radical (unpaired) electrons. The molecule has 0 spiro atoms. The fraction of sp³-hybridized carbons (Fsp3) is 0.429. The number of carbonyl (C=O) groups excluding carboxylic acids is 1. The molecule has 0 aliphatic carbocycles. The minimum atomic E-state index is -0.895. The normalized spacial score (nSPS) is 18.2. The fourth-order valence-electron chi connectivity index (χ4n) is 2.27. The van der Waals surface area contributed by atoms with E-state index in [1.165, 1.54) is 0 Å². The number of anilines is 1. The van der Waals surface area contributed by atoms with E-state index in [0.717, 1.165) is 25.1 Å². The van der Waals surface area contributed by atoms with Crippen LogP contribution in [0.1, 0.15) is 19.3 Å². The fourth-order valence-corrected chi connectivity index (χ4v) is 2.27. The van der Waals surface area contributed by atoms with Gasteiger partial charge in [-0.1, -0.05) is 18.2 Å². The number of aliphatic carboxylic acids is 1. The van der Waals surface area contributed by atoms with Crippen LogP contribution >= 0.6 is 0 Å². The Kier molecular flexibility index (Phi) is 4.52. The molecule has 5 heteroatoms. The van der Waals surface area contributed by atoms with Crippen molar-refractivity contribution in [3.8, 4) is 0 Å². The summed E-state index contributed by atoms with van der Waals surface area (Å²) in [5, 5.41) is 12.0. The van der Waals surface area contributed by atoms with Crippen molar-refractivity contribution in [2.75, 3.05) is 18.0 Å². The van der Waals surface area contributed by atoms with Crippen LogP contribution in [0.25, 0.3) is 0 Å². The number of carboxylic acids is 1. The molecule has 1 aliphatic heterocycles. The largest absolute Gasteiger partial charge is 0.481 e. The second-order valence-corrected chi connectivity index (χ2v) is 4.62. The minimum Gasteiger partial charge on any atom is -0.481 e. The summed E-state index contributed by atoms with van der Waals surface area (Å²) in [6.07, 6.45) is 1.75. The third kappa shape index (κ3) is 3.54. The number of nitrogens with zero attached hydrogens (tertiary/aromatic N) is 1. The van der Waals surface area contributed by atoms with Gasteiger partial charge in [-0.2, -0.15) is 0 Å². The maximum Gasteiger partial charge on any atom is 0.305 e. The van der Waals surface area contributed by atoms with Gasteiger partial charge in [0.15, 0.2) is 0 Å². The molecule has 0 unspecified atom stereocenters. The van der Waals surface area contributed by atoms with Crippen LogP contribution in [-0.2, 0) is 9.59 Å². The highest BCUT2D eigenvalue weighted by Gasteiger charge is 2.27. The Balaban J connectivity index is 2.13. The summed E-state index contributed by atoms with van der Waals surface area (Å²) >= 11 is 0. The highest BCUT2D eigenvalue weighted by atomic mass is 16.4. The number of rotatable bonds is 5. The zero-order valence-electron chi connectivity index (χ0n) is 10.7. The van der Waals surface area contributed by atoms with Crippen LogP contribution in [-0.4, -0.2) is 36.1 Å². The third-order valence-corrected chi connectivity index (χ3v) is 3.24. The molecule has 0 bridgehead atoms. The topological polar surface area (TPSA) is 69.6 Å². The van der Waals surface area contributed by atoms with E-state index in [0.29, 0.717) is 0 Å². The Hall–Kier alpha value is -1.88. The van der Waals surface area contributed by atoms with Gasteiger partial charge in [0.25, 0.3) is 0 Å². The molecule has 0 saturated carbocycles. The molecule has 1 heterocycles. The van der Waals surface area contributed by atoms with Crippen molar-refractivity contribution in [2.24, 2.45) is 0 Å². The maximum absolute atomic E-state index is 12.4. The zero-order chi connectivity index (χ0) is 13.7. The number of nitrogens with one attached hydrogen (secondary N) is 1. The lowest BCUT2D eigenvalue weighted by atomic mass is 10.1. The molecule has 5 nitrogen and oxygen atoms in total. The quantitative estimate of drug-likeness (QED) is 0.837. The van der Waals surface area contributed by atoms with E-state index in [9.17, 15) is 9.59 Å². The number of benzene rings is 1. The van der Waals surface area contributed by atoms with Crippen LogP contribution in [0.5, 0.6) is 0 Å². The van der Waals surface area contributed by atoms with Crippen molar-refractivity contribution in [3.63, 3.8) is 0 Å². The minimum absolute atomic E-state index is 0.0371. The van der Waals surface area contributed by atoms with Crippen LogP contribution in [0, 0.1) is 0 Å². The maximum atomic E-state index is 12.4. The van der Waals surface area contributed by atoms with Gasteiger partial charge in [0.05, 0.1) is 12.5 Å². The summed E-state index contributed by atoms with van der Waals surface area (Å²) in [5.41, 5.74) is 0.752. The van der Waals surface area contributed by atoms with Gasteiger partial charge in [-0.3, -0.25) is 9.59 Å². The molecule has 1 atom stereocenters. The summed E-state index contributed by atoms with van der Waals surface area (Å²) < 4.78 is 0. The first-order valence-electron chi connectivity index (χ1n) is 6.50. The van der Waals surface area contributed by atoms with Crippen LogP contribution in [0.2, 0.25) is 0 Å². The SMILES string of the molecule is O=C(O)CCN(C(=O)[C@H]1CCCN1)c1ccccc1. The number of carbonyl (C=O) groups is 2. The molecule has 1 aromatic carbocycles. The van der Waals surface area contributed by atoms with Gasteiger partial charge in [-0.15, -0.1) is 0 Å². The van der Waals surface area contributed by atoms with Crippen LogP contribution in [0.4, 0.5) is 5.69 Å². The van der Waals surface area contributed by atoms with Gasteiger partial charge in [-0.25, -0.2) is 0 Å². The van der Waals surface area contributed by atoms with Gasteiger partial charge in [-0.05, 0) is 31.5 Å². The highest BCUT2D eigenvalue weighted by molar-refractivity contribution is 5.97. The summed E-state index contributed by atoms with van der Waals surface area (Å²) in [5.74, 6) is -0.932. The predicted octanol–water partition coefficient (Wildman–Crippen LogP) is 1.25. The molecular formula is C14H18N2O3. The van der Waals surface area contributed by atoms with Crippen molar-refractivity contribution in [1.29, 1.82) is 0 Å². The van der Waals surface area contributed by atoms with Crippen molar-refractivity contribution in [2.45, 2.75) is 25.3 Å². The van der Waals surface area contributed by atoms with Crippen molar-refractivity contribution >= 4 is 17.6 Å². The van der Waals surface area contributed by atoms with E-state index in [2.05, 4.69) is 5.32 Å². The van der Waals surface area contributed by atoms with Crippen molar-refractivity contribution in [1.82, 2.24) is 5.32 Å². The Bertz CT molecular complexity index is 441. The Morgan fingerprint density at radius 2 is 2.05 bits per heavy atom. The molecule has 102 valence electrons. The molecule has 1 amide bonds.